The quantitative estimate of drug-likeness (QED) is 0.520. The number of aromatic nitrogens is 4. The summed E-state index contributed by atoms with van der Waals surface area (Å²) in [6, 6.07) is 12.0. The Hall–Kier alpha value is -3.55. The van der Waals surface area contributed by atoms with Gasteiger partial charge >= 0.3 is 0 Å². The maximum atomic E-state index is 15.1. The fourth-order valence-corrected chi connectivity index (χ4v) is 3.95. The first kappa shape index (κ1) is 18.5. The first-order valence-corrected chi connectivity index (χ1v) is 9.72. The van der Waals surface area contributed by atoms with Gasteiger partial charge in [0, 0.05) is 24.4 Å². The van der Waals surface area contributed by atoms with Gasteiger partial charge in [-0.3, -0.25) is 14.0 Å². The lowest BCUT2D eigenvalue weighted by atomic mass is 9.68. The maximum absolute atomic E-state index is 15.1. The summed E-state index contributed by atoms with van der Waals surface area (Å²) in [5.41, 5.74) is 0.0533. The summed E-state index contributed by atoms with van der Waals surface area (Å²) in [5, 5.41) is 3.99. The van der Waals surface area contributed by atoms with Crippen molar-refractivity contribution in [1.82, 2.24) is 19.1 Å². The van der Waals surface area contributed by atoms with Crippen molar-refractivity contribution in [2.24, 2.45) is 0 Å². The molecule has 152 valence electrons. The second kappa shape index (κ2) is 6.76. The van der Waals surface area contributed by atoms with Crippen LogP contribution >= 0.6 is 0 Å². The van der Waals surface area contributed by atoms with Crippen LogP contribution in [0.25, 0.3) is 5.52 Å². The molecule has 7 nitrogen and oxygen atoms in total. The molecule has 0 spiro atoms. The van der Waals surface area contributed by atoms with Crippen LogP contribution in [-0.2, 0) is 12.2 Å². The van der Waals surface area contributed by atoms with Gasteiger partial charge in [0.1, 0.15) is 17.7 Å². The number of nitrogens with zero attached hydrogens (tertiary/aromatic N) is 4. The summed E-state index contributed by atoms with van der Waals surface area (Å²) in [4.78, 5) is 28.8. The SMILES string of the molecule is Cc1ccc(C2(F)CC(c3noc(Cn4ccn5c(=O)cccc5c4=O)n3)C2)cc1. The van der Waals surface area contributed by atoms with E-state index in [1.165, 1.54) is 27.4 Å². The zero-order valence-electron chi connectivity index (χ0n) is 16.3. The van der Waals surface area contributed by atoms with Crippen LogP contribution in [0.4, 0.5) is 4.39 Å². The number of benzene rings is 1. The lowest BCUT2D eigenvalue weighted by Gasteiger charge is -2.40. The summed E-state index contributed by atoms with van der Waals surface area (Å²) in [6.45, 7) is 2.05. The largest absolute Gasteiger partial charge is 0.337 e. The Morgan fingerprint density at radius 2 is 1.90 bits per heavy atom. The molecule has 8 heteroatoms. The first-order chi connectivity index (χ1) is 14.4. The van der Waals surface area contributed by atoms with Crippen molar-refractivity contribution >= 4 is 5.52 Å². The van der Waals surface area contributed by atoms with Crippen molar-refractivity contribution in [3.63, 3.8) is 0 Å². The van der Waals surface area contributed by atoms with Gasteiger partial charge in [0.15, 0.2) is 5.82 Å². The smallest absolute Gasteiger partial charge is 0.275 e. The summed E-state index contributed by atoms with van der Waals surface area (Å²) in [7, 11) is 0. The molecule has 0 aliphatic heterocycles. The van der Waals surface area contributed by atoms with Crippen molar-refractivity contribution in [3.8, 4) is 0 Å². The van der Waals surface area contributed by atoms with Gasteiger partial charge in [-0.1, -0.05) is 41.1 Å². The van der Waals surface area contributed by atoms with Crippen LogP contribution in [-0.4, -0.2) is 19.1 Å². The van der Waals surface area contributed by atoms with E-state index >= 15 is 4.39 Å². The Morgan fingerprint density at radius 1 is 1.13 bits per heavy atom. The van der Waals surface area contributed by atoms with Gasteiger partial charge in [-0.15, -0.1) is 0 Å². The minimum Gasteiger partial charge on any atom is -0.337 e. The molecule has 1 aliphatic carbocycles. The highest BCUT2D eigenvalue weighted by molar-refractivity contribution is 5.43. The fraction of sp³-hybridized carbons (Fsp3) is 0.273. The van der Waals surface area contributed by atoms with Gasteiger partial charge < -0.3 is 9.09 Å². The van der Waals surface area contributed by atoms with Gasteiger partial charge in [-0.2, -0.15) is 4.98 Å². The number of aryl methyl sites for hydroxylation is 1. The molecule has 30 heavy (non-hydrogen) atoms. The normalized spacial score (nSPS) is 20.9. The Labute approximate surface area is 170 Å². The second-order valence-corrected chi connectivity index (χ2v) is 7.83. The minimum absolute atomic E-state index is 0.0802. The third-order valence-electron chi connectivity index (χ3n) is 5.73. The van der Waals surface area contributed by atoms with E-state index in [1.54, 1.807) is 12.1 Å². The summed E-state index contributed by atoms with van der Waals surface area (Å²) in [5.74, 6) is 0.595. The number of pyridine rings is 1. The van der Waals surface area contributed by atoms with Crippen LogP contribution in [0.3, 0.4) is 0 Å². The molecule has 1 saturated carbocycles. The molecule has 0 amide bonds. The zero-order chi connectivity index (χ0) is 20.9. The van der Waals surface area contributed by atoms with E-state index in [4.69, 9.17) is 4.52 Å². The monoisotopic (exact) mass is 406 g/mol. The van der Waals surface area contributed by atoms with E-state index < -0.39 is 5.67 Å². The van der Waals surface area contributed by atoms with Crippen LogP contribution in [0.15, 0.2) is 69.0 Å². The summed E-state index contributed by atoms with van der Waals surface area (Å²) >= 11 is 0. The van der Waals surface area contributed by atoms with E-state index in [2.05, 4.69) is 10.1 Å². The number of alkyl halides is 1. The average molecular weight is 406 g/mol. The topological polar surface area (TPSA) is 82.4 Å². The van der Waals surface area contributed by atoms with Crippen LogP contribution in [0.5, 0.6) is 0 Å². The third kappa shape index (κ3) is 3.04. The van der Waals surface area contributed by atoms with Gasteiger partial charge in [-0.05, 0) is 31.4 Å². The van der Waals surface area contributed by atoms with Crippen molar-refractivity contribution < 1.29 is 8.91 Å². The highest BCUT2D eigenvalue weighted by atomic mass is 19.1. The molecular weight excluding hydrogens is 387 g/mol. The maximum Gasteiger partial charge on any atom is 0.275 e. The Bertz CT molecular complexity index is 1350. The molecule has 0 saturated heterocycles. The number of hydrogen-bond acceptors (Lipinski definition) is 5. The van der Waals surface area contributed by atoms with Crippen LogP contribution in [0, 0.1) is 6.92 Å². The number of halogens is 1. The highest BCUT2D eigenvalue weighted by Crippen LogP contribution is 2.53. The molecule has 3 aromatic heterocycles. The fourth-order valence-electron chi connectivity index (χ4n) is 3.95. The molecule has 3 heterocycles. The van der Waals surface area contributed by atoms with Crippen molar-refractivity contribution in [2.75, 3.05) is 0 Å². The number of fused-ring (bicyclic) bond motifs is 1. The molecule has 1 aliphatic rings. The molecule has 1 fully saturated rings. The van der Waals surface area contributed by atoms with Crippen LogP contribution < -0.4 is 11.1 Å². The number of hydrogen-bond donors (Lipinski definition) is 0. The van der Waals surface area contributed by atoms with Gasteiger partial charge in [0.2, 0.25) is 5.89 Å². The van der Waals surface area contributed by atoms with E-state index in [9.17, 15) is 9.59 Å². The zero-order valence-corrected chi connectivity index (χ0v) is 16.3. The molecule has 0 bridgehead atoms. The van der Waals surface area contributed by atoms with Crippen LogP contribution in [0.2, 0.25) is 0 Å². The molecule has 5 rings (SSSR count). The average Bonchev–Trinajstić information content (AvgIpc) is 3.17. The molecule has 0 radical (unpaired) electrons. The predicted octanol–water partition coefficient (Wildman–Crippen LogP) is 2.94. The highest BCUT2D eigenvalue weighted by Gasteiger charge is 2.48. The van der Waals surface area contributed by atoms with E-state index in [1.807, 2.05) is 31.2 Å². The summed E-state index contributed by atoms with van der Waals surface area (Å²) < 4.78 is 23.1. The Kier molecular flexibility index (Phi) is 4.16. The lowest BCUT2D eigenvalue weighted by molar-refractivity contribution is 0.0336. The van der Waals surface area contributed by atoms with Crippen LogP contribution in [0.1, 0.15) is 41.6 Å². The van der Waals surface area contributed by atoms with Crippen molar-refractivity contribution in [1.29, 1.82) is 0 Å². The Balaban J connectivity index is 1.33. The Morgan fingerprint density at radius 3 is 2.67 bits per heavy atom. The molecule has 0 atom stereocenters. The molecule has 1 aromatic carbocycles. The summed E-state index contributed by atoms with van der Waals surface area (Å²) in [6.07, 6.45) is 3.64. The van der Waals surface area contributed by atoms with Gasteiger partial charge in [0.05, 0.1) is 0 Å². The van der Waals surface area contributed by atoms with E-state index in [-0.39, 0.29) is 35.0 Å². The minimum atomic E-state index is -1.37. The van der Waals surface area contributed by atoms with Gasteiger partial charge in [0.25, 0.3) is 11.1 Å². The molecular formula is C22H19FN4O3. The molecule has 0 unspecified atom stereocenters. The van der Waals surface area contributed by atoms with Crippen molar-refractivity contribution in [2.45, 2.75) is 37.9 Å². The first-order valence-electron chi connectivity index (χ1n) is 9.72. The third-order valence-corrected chi connectivity index (χ3v) is 5.73. The van der Waals surface area contributed by atoms with E-state index in [0.717, 1.165) is 5.56 Å². The molecule has 0 N–H and O–H groups in total. The van der Waals surface area contributed by atoms with Gasteiger partial charge in [-0.25, -0.2) is 4.39 Å². The lowest BCUT2D eigenvalue weighted by Crippen LogP contribution is -2.36. The standard InChI is InChI=1S/C22H19FN4O3/c1-14-5-7-16(8-6-14)22(23)11-15(12-22)20-24-18(30-25-20)13-26-9-10-27-17(21(26)29)3-2-4-19(27)28/h2-10,15H,11-13H2,1H3. The van der Waals surface area contributed by atoms with Crippen molar-refractivity contribution in [3.05, 3.63) is 98.4 Å². The molecule has 4 aromatic rings. The van der Waals surface area contributed by atoms with E-state index in [0.29, 0.717) is 24.2 Å². The second-order valence-electron chi connectivity index (χ2n) is 7.83. The number of rotatable bonds is 4. The predicted molar refractivity (Wildman–Crippen MR) is 107 cm³/mol.